The molecular formula is C16H28O6Zr. The molecule has 0 amide bonds. The van der Waals surface area contributed by atoms with Gasteiger partial charge in [0, 0.05) is 26.2 Å². The molecule has 0 unspecified atom stereocenters. The van der Waals surface area contributed by atoms with E-state index in [1.165, 1.54) is 13.8 Å². The second kappa shape index (κ2) is 11.7. The van der Waals surface area contributed by atoms with Crippen LogP contribution in [0, 0.1) is 0 Å². The van der Waals surface area contributed by atoms with Crippen LogP contribution in [0.2, 0.25) is 0 Å². The molecule has 0 radical (unpaired) electrons. The summed E-state index contributed by atoms with van der Waals surface area (Å²) in [6.07, 6.45) is -0.255. The number of hydrogen-bond acceptors (Lipinski definition) is 6. The van der Waals surface area contributed by atoms with E-state index >= 15 is 0 Å². The number of hydrogen-bond donors (Lipinski definition) is 0. The maximum Gasteiger partial charge on any atom is 0.313 e. The number of rotatable bonds is 4. The fourth-order valence-corrected chi connectivity index (χ4v) is 1.16. The maximum absolute atomic E-state index is 10.8. The Morgan fingerprint density at radius 3 is 1.00 bits per heavy atom. The molecular weight excluding hydrogens is 379 g/mol. The zero-order chi connectivity index (χ0) is 18.1. The van der Waals surface area contributed by atoms with Crippen LogP contribution in [0.4, 0.5) is 0 Å². The molecule has 0 aromatic heterocycles. The van der Waals surface area contributed by atoms with E-state index < -0.39 is 23.1 Å². The van der Waals surface area contributed by atoms with Crippen molar-refractivity contribution < 1.29 is 54.9 Å². The van der Waals surface area contributed by atoms with Gasteiger partial charge in [-0.1, -0.05) is 0 Å². The van der Waals surface area contributed by atoms with Crippen molar-refractivity contribution in [1.82, 2.24) is 0 Å². The van der Waals surface area contributed by atoms with E-state index in [1.54, 1.807) is 41.5 Å². The van der Waals surface area contributed by atoms with Crippen LogP contribution in [0.1, 0.15) is 68.2 Å². The van der Waals surface area contributed by atoms with Gasteiger partial charge < -0.3 is 9.47 Å². The van der Waals surface area contributed by atoms with Gasteiger partial charge in [0.15, 0.2) is 0 Å². The Balaban J connectivity index is -0.000000333. The van der Waals surface area contributed by atoms with Crippen LogP contribution in [-0.2, 0) is 54.9 Å². The van der Waals surface area contributed by atoms with Gasteiger partial charge in [0.1, 0.15) is 35.6 Å². The minimum Gasteiger partial charge on any atom is -0.460 e. The quantitative estimate of drug-likeness (QED) is 0.526. The molecule has 0 aromatic rings. The van der Waals surface area contributed by atoms with Gasteiger partial charge in [-0.15, -0.1) is 0 Å². The molecule has 0 aliphatic carbocycles. The van der Waals surface area contributed by atoms with E-state index in [1.807, 2.05) is 0 Å². The first-order valence-corrected chi connectivity index (χ1v) is 7.05. The van der Waals surface area contributed by atoms with Crippen LogP contribution in [0.3, 0.4) is 0 Å². The van der Waals surface area contributed by atoms with Gasteiger partial charge in [0.2, 0.25) is 0 Å². The summed E-state index contributed by atoms with van der Waals surface area (Å²) in [5, 5.41) is 0. The molecule has 0 atom stereocenters. The third-order valence-corrected chi connectivity index (χ3v) is 1.63. The van der Waals surface area contributed by atoms with Gasteiger partial charge in [0.05, 0.1) is 0 Å². The van der Waals surface area contributed by atoms with E-state index in [4.69, 9.17) is 9.47 Å². The SMILES string of the molecule is CC(=O)CC(=O)OC(C)(C)C.CC(=O)CC(=O)OC(C)(C)C.[Zr]. The van der Waals surface area contributed by atoms with E-state index in [9.17, 15) is 19.2 Å². The fraction of sp³-hybridized carbons (Fsp3) is 0.750. The fourth-order valence-electron chi connectivity index (χ4n) is 1.16. The van der Waals surface area contributed by atoms with Gasteiger partial charge in [-0.05, 0) is 55.4 Å². The van der Waals surface area contributed by atoms with Gasteiger partial charge in [-0.2, -0.15) is 0 Å². The van der Waals surface area contributed by atoms with Gasteiger partial charge in [-0.3, -0.25) is 19.2 Å². The molecule has 0 aliphatic heterocycles. The normalized spacial score (nSPS) is 10.4. The molecule has 7 heteroatoms. The number of esters is 2. The van der Waals surface area contributed by atoms with Crippen molar-refractivity contribution in [2.75, 3.05) is 0 Å². The monoisotopic (exact) mass is 406 g/mol. The summed E-state index contributed by atoms with van der Waals surface area (Å²) in [4.78, 5) is 42.5. The molecule has 0 saturated carbocycles. The van der Waals surface area contributed by atoms with Crippen molar-refractivity contribution >= 4 is 23.5 Å². The van der Waals surface area contributed by atoms with Crippen molar-refractivity contribution in [2.24, 2.45) is 0 Å². The molecule has 0 aromatic carbocycles. The number of ketones is 2. The summed E-state index contributed by atoms with van der Waals surface area (Å²) in [5.74, 6) is -1.24. The molecule has 0 bridgehead atoms. The Labute approximate surface area is 157 Å². The molecule has 0 heterocycles. The van der Waals surface area contributed by atoms with Gasteiger partial charge in [0.25, 0.3) is 0 Å². The largest absolute Gasteiger partial charge is 0.460 e. The maximum atomic E-state index is 10.8. The predicted octanol–water partition coefficient (Wildman–Crippen LogP) is 2.61. The molecule has 0 rings (SSSR count). The van der Waals surface area contributed by atoms with Crippen LogP contribution in [0.25, 0.3) is 0 Å². The van der Waals surface area contributed by atoms with Crippen LogP contribution in [0.5, 0.6) is 0 Å². The summed E-state index contributed by atoms with van der Waals surface area (Å²) in [7, 11) is 0. The molecule has 0 spiro atoms. The first-order chi connectivity index (χ1) is 9.62. The zero-order valence-electron chi connectivity index (χ0n) is 15.4. The Kier molecular flexibility index (Phi) is 13.7. The van der Waals surface area contributed by atoms with E-state index in [0.717, 1.165) is 0 Å². The topological polar surface area (TPSA) is 86.7 Å². The number of carbonyl (C=O) groups is 4. The smallest absolute Gasteiger partial charge is 0.313 e. The van der Waals surface area contributed by atoms with Crippen molar-refractivity contribution in [1.29, 1.82) is 0 Å². The number of ether oxygens (including phenoxy) is 2. The van der Waals surface area contributed by atoms with Gasteiger partial charge in [-0.25, -0.2) is 0 Å². The van der Waals surface area contributed by atoms with E-state index in [-0.39, 0.29) is 50.6 Å². The second-order valence-electron chi connectivity index (χ2n) is 6.93. The third-order valence-electron chi connectivity index (χ3n) is 1.63. The van der Waals surface area contributed by atoms with E-state index in [2.05, 4.69) is 0 Å². The van der Waals surface area contributed by atoms with Crippen molar-refractivity contribution in [3.63, 3.8) is 0 Å². The Morgan fingerprint density at radius 1 is 0.652 bits per heavy atom. The third kappa shape index (κ3) is 26.4. The van der Waals surface area contributed by atoms with Crippen molar-refractivity contribution in [3.05, 3.63) is 0 Å². The summed E-state index contributed by atoms with van der Waals surface area (Å²) >= 11 is 0. The summed E-state index contributed by atoms with van der Waals surface area (Å²) in [6.45, 7) is 13.3. The summed E-state index contributed by atoms with van der Waals surface area (Å²) in [5.41, 5.74) is -0.987. The Hall–Kier alpha value is -0.837. The predicted molar refractivity (Wildman–Crippen MR) is 82.3 cm³/mol. The second-order valence-corrected chi connectivity index (χ2v) is 6.93. The zero-order valence-corrected chi connectivity index (χ0v) is 17.8. The summed E-state index contributed by atoms with van der Waals surface area (Å²) in [6, 6.07) is 0. The van der Waals surface area contributed by atoms with Crippen LogP contribution in [-0.4, -0.2) is 34.7 Å². The summed E-state index contributed by atoms with van der Waals surface area (Å²) < 4.78 is 9.78. The minimum absolute atomic E-state index is 0. The minimum atomic E-state index is -0.494. The molecule has 0 fully saturated rings. The number of Topliss-reactive ketones (excluding diaryl/α,β-unsaturated/α-hetero) is 2. The molecule has 0 saturated heterocycles. The molecule has 6 nitrogen and oxygen atoms in total. The number of carbonyl (C=O) groups excluding carboxylic acids is 4. The standard InChI is InChI=1S/2C8H14O3.Zr/c2*1-6(9)5-7(10)11-8(2,3)4;/h2*5H2,1-4H3;. The van der Waals surface area contributed by atoms with E-state index in [0.29, 0.717) is 0 Å². The Bertz CT molecular complexity index is 375. The molecule has 23 heavy (non-hydrogen) atoms. The molecule has 0 aliphatic rings. The first kappa shape index (κ1) is 27.0. The van der Waals surface area contributed by atoms with Crippen LogP contribution in [0.15, 0.2) is 0 Å². The van der Waals surface area contributed by atoms with Gasteiger partial charge >= 0.3 is 11.9 Å². The molecule has 0 N–H and O–H groups in total. The van der Waals surface area contributed by atoms with Crippen molar-refractivity contribution in [3.8, 4) is 0 Å². The molecule has 132 valence electrons. The first-order valence-electron chi connectivity index (χ1n) is 7.05. The Morgan fingerprint density at radius 2 is 0.870 bits per heavy atom. The average molecular weight is 408 g/mol. The average Bonchev–Trinajstić information content (AvgIpc) is 2.07. The van der Waals surface area contributed by atoms with Crippen molar-refractivity contribution in [2.45, 2.75) is 79.4 Å². The van der Waals surface area contributed by atoms with Crippen LogP contribution < -0.4 is 0 Å². The van der Waals surface area contributed by atoms with Crippen LogP contribution >= 0.6 is 0 Å².